The number of nitrogens with one attached hydrogen (secondary N) is 2. The highest BCUT2D eigenvalue weighted by atomic mass is 16.5. The Morgan fingerprint density at radius 3 is 2.36 bits per heavy atom. The summed E-state index contributed by atoms with van der Waals surface area (Å²) < 4.78 is 5.44. The molecule has 2 amide bonds. The molecule has 0 aliphatic heterocycles. The van der Waals surface area contributed by atoms with Crippen LogP contribution in [0.2, 0.25) is 0 Å². The van der Waals surface area contributed by atoms with Crippen LogP contribution in [0.4, 0.5) is 10.7 Å². The number of aromatic amines is 1. The zero-order valence-electron chi connectivity index (χ0n) is 17.9. The van der Waals surface area contributed by atoms with E-state index in [0.717, 1.165) is 22.3 Å². The Bertz CT molecular complexity index is 1150. The van der Waals surface area contributed by atoms with Crippen LogP contribution in [0.3, 0.4) is 0 Å². The predicted molar refractivity (Wildman–Crippen MR) is 119 cm³/mol. The summed E-state index contributed by atoms with van der Waals surface area (Å²) in [6, 6.07) is 16.1. The Kier molecular flexibility index (Phi) is 6.34. The number of carboxylic acid groups (broad SMARTS) is 1. The fourth-order valence-corrected chi connectivity index (χ4v) is 3.89. The third kappa shape index (κ3) is 4.84. The molecule has 1 aliphatic carbocycles. The molecule has 0 spiro atoms. The van der Waals surface area contributed by atoms with Crippen molar-refractivity contribution >= 4 is 23.9 Å². The van der Waals surface area contributed by atoms with Crippen LogP contribution in [0.5, 0.6) is 0 Å². The fraction of sp³-hybridized carbons (Fsp3) is 0.261. The lowest BCUT2D eigenvalue weighted by molar-refractivity contribution is -0.137. The van der Waals surface area contributed by atoms with E-state index in [4.69, 9.17) is 9.84 Å². The Labute approximate surface area is 189 Å². The zero-order chi connectivity index (χ0) is 23.4. The second kappa shape index (κ2) is 9.51. The van der Waals surface area contributed by atoms with Gasteiger partial charge in [0.1, 0.15) is 6.61 Å². The Morgan fingerprint density at radius 1 is 1.09 bits per heavy atom. The number of ether oxygens (including phenoxy) is 1. The van der Waals surface area contributed by atoms with E-state index in [9.17, 15) is 14.4 Å². The number of H-pyrrole nitrogens is 1. The predicted octanol–water partition coefficient (Wildman–Crippen LogP) is 3.10. The summed E-state index contributed by atoms with van der Waals surface area (Å²) in [6.45, 7) is 0.392. The number of fused-ring (bicyclic) bond motifs is 3. The largest absolute Gasteiger partial charge is 0.481 e. The number of rotatable bonds is 8. The van der Waals surface area contributed by atoms with Crippen molar-refractivity contribution in [2.75, 3.05) is 25.5 Å². The highest BCUT2D eigenvalue weighted by Gasteiger charge is 2.29. The lowest BCUT2D eigenvalue weighted by Gasteiger charge is -2.14. The molecule has 0 bridgehead atoms. The average molecular weight is 449 g/mol. The van der Waals surface area contributed by atoms with Crippen LogP contribution < -0.4 is 5.32 Å². The average Bonchev–Trinajstić information content (AvgIpc) is 3.39. The van der Waals surface area contributed by atoms with Gasteiger partial charge in [-0.1, -0.05) is 48.5 Å². The van der Waals surface area contributed by atoms with Crippen LogP contribution in [0, 0.1) is 0 Å². The third-order valence-electron chi connectivity index (χ3n) is 5.48. The van der Waals surface area contributed by atoms with Gasteiger partial charge >= 0.3 is 12.1 Å². The number of hydrogen-bond donors (Lipinski definition) is 3. The van der Waals surface area contributed by atoms with E-state index in [-0.39, 0.29) is 37.3 Å². The molecular weight excluding hydrogens is 426 g/mol. The number of benzene rings is 2. The second-order valence-corrected chi connectivity index (χ2v) is 7.68. The SMILES string of the molecule is CN(CCCC(=O)O)C(=O)c1nc(NC(=O)OCC2c3ccccc3-c3ccccc32)n[nH]1. The molecule has 3 aromatic rings. The summed E-state index contributed by atoms with van der Waals surface area (Å²) in [5.41, 5.74) is 4.46. The molecule has 10 heteroatoms. The minimum Gasteiger partial charge on any atom is -0.481 e. The summed E-state index contributed by atoms with van der Waals surface area (Å²) in [4.78, 5) is 40.6. The van der Waals surface area contributed by atoms with Crippen LogP contribution in [0.25, 0.3) is 11.1 Å². The summed E-state index contributed by atoms with van der Waals surface area (Å²) >= 11 is 0. The van der Waals surface area contributed by atoms with Crippen molar-refractivity contribution in [1.29, 1.82) is 0 Å². The van der Waals surface area contributed by atoms with E-state index in [1.54, 1.807) is 0 Å². The van der Waals surface area contributed by atoms with E-state index < -0.39 is 18.0 Å². The molecule has 1 aliphatic rings. The van der Waals surface area contributed by atoms with Gasteiger partial charge in [0.25, 0.3) is 11.9 Å². The molecule has 1 aromatic heterocycles. The van der Waals surface area contributed by atoms with Crippen molar-refractivity contribution in [2.45, 2.75) is 18.8 Å². The molecule has 0 radical (unpaired) electrons. The third-order valence-corrected chi connectivity index (χ3v) is 5.48. The van der Waals surface area contributed by atoms with Crippen molar-refractivity contribution in [3.05, 3.63) is 65.5 Å². The summed E-state index contributed by atoms with van der Waals surface area (Å²) in [5.74, 6) is -1.62. The smallest absolute Gasteiger partial charge is 0.414 e. The molecule has 3 N–H and O–H groups in total. The van der Waals surface area contributed by atoms with Crippen molar-refractivity contribution in [1.82, 2.24) is 20.1 Å². The van der Waals surface area contributed by atoms with Crippen LogP contribution in [-0.2, 0) is 9.53 Å². The van der Waals surface area contributed by atoms with Crippen LogP contribution in [0.1, 0.15) is 40.5 Å². The molecular formula is C23H23N5O5. The number of hydrogen-bond acceptors (Lipinski definition) is 6. The minimum atomic E-state index is -0.926. The molecule has 0 saturated carbocycles. The maximum absolute atomic E-state index is 12.4. The molecule has 4 rings (SSSR count). The number of aromatic nitrogens is 3. The summed E-state index contributed by atoms with van der Waals surface area (Å²) in [7, 11) is 1.53. The lowest BCUT2D eigenvalue weighted by Crippen LogP contribution is -2.29. The first-order valence-electron chi connectivity index (χ1n) is 10.5. The maximum atomic E-state index is 12.4. The van der Waals surface area contributed by atoms with Gasteiger partial charge in [0.2, 0.25) is 5.82 Å². The van der Waals surface area contributed by atoms with Gasteiger partial charge in [-0.05, 0) is 28.7 Å². The van der Waals surface area contributed by atoms with Crippen LogP contribution in [-0.4, -0.2) is 63.4 Å². The van der Waals surface area contributed by atoms with Crippen molar-refractivity contribution in [3.63, 3.8) is 0 Å². The molecule has 0 saturated heterocycles. The quantitative estimate of drug-likeness (QED) is 0.480. The van der Waals surface area contributed by atoms with E-state index in [1.807, 2.05) is 36.4 Å². The Hall–Kier alpha value is -4.21. The second-order valence-electron chi connectivity index (χ2n) is 7.68. The number of carbonyl (C=O) groups excluding carboxylic acids is 2. The maximum Gasteiger partial charge on any atom is 0.414 e. The number of aliphatic carboxylic acids is 1. The van der Waals surface area contributed by atoms with Gasteiger partial charge in [0.05, 0.1) is 0 Å². The van der Waals surface area contributed by atoms with Gasteiger partial charge in [0.15, 0.2) is 0 Å². The molecule has 0 atom stereocenters. The fourth-order valence-electron chi connectivity index (χ4n) is 3.89. The highest BCUT2D eigenvalue weighted by molar-refractivity contribution is 5.91. The number of amides is 2. The zero-order valence-corrected chi connectivity index (χ0v) is 17.9. The van der Waals surface area contributed by atoms with Gasteiger partial charge < -0.3 is 14.7 Å². The normalized spacial score (nSPS) is 12.0. The highest BCUT2D eigenvalue weighted by Crippen LogP contribution is 2.44. The first-order valence-corrected chi connectivity index (χ1v) is 10.5. The molecule has 33 heavy (non-hydrogen) atoms. The van der Waals surface area contributed by atoms with Gasteiger partial charge in [-0.25, -0.2) is 4.79 Å². The number of anilines is 1. The van der Waals surface area contributed by atoms with Gasteiger partial charge in [-0.3, -0.25) is 20.0 Å². The number of carboxylic acids is 1. The van der Waals surface area contributed by atoms with Crippen molar-refractivity contribution in [2.24, 2.45) is 0 Å². The number of nitrogens with zero attached hydrogens (tertiary/aromatic N) is 3. The minimum absolute atomic E-state index is 0.0391. The first-order chi connectivity index (χ1) is 15.9. The Morgan fingerprint density at radius 2 is 1.73 bits per heavy atom. The summed E-state index contributed by atoms with van der Waals surface area (Å²) in [5, 5.41) is 17.4. The van der Waals surface area contributed by atoms with E-state index in [1.165, 1.54) is 11.9 Å². The van der Waals surface area contributed by atoms with Crippen LogP contribution in [0.15, 0.2) is 48.5 Å². The molecule has 0 unspecified atom stereocenters. The topological polar surface area (TPSA) is 138 Å². The first kappa shape index (κ1) is 22.0. The number of carbonyl (C=O) groups is 3. The molecule has 170 valence electrons. The lowest BCUT2D eigenvalue weighted by atomic mass is 9.98. The van der Waals surface area contributed by atoms with Crippen molar-refractivity contribution < 1.29 is 24.2 Å². The molecule has 1 heterocycles. The van der Waals surface area contributed by atoms with E-state index in [0.29, 0.717) is 6.42 Å². The Balaban J connectivity index is 1.34. The van der Waals surface area contributed by atoms with Gasteiger partial charge in [-0.2, -0.15) is 4.98 Å². The summed E-state index contributed by atoms with van der Waals surface area (Å²) in [6.07, 6.45) is -0.455. The van der Waals surface area contributed by atoms with E-state index in [2.05, 4.69) is 32.6 Å². The standard InChI is InChI=1S/C23H23N5O5/c1-28(12-6-11-19(29)30)21(31)20-24-22(27-26-20)25-23(32)33-13-18-16-9-4-2-7-14(16)15-8-3-5-10-17(15)18/h2-5,7-10,18H,6,11-13H2,1H3,(H,29,30)(H2,24,25,26,27,32). The van der Waals surface area contributed by atoms with Crippen LogP contribution >= 0.6 is 0 Å². The van der Waals surface area contributed by atoms with E-state index >= 15 is 0 Å². The van der Waals surface area contributed by atoms with Crippen molar-refractivity contribution in [3.8, 4) is 11.1 Å². The van der Waals surface area contributed by atoms with Gasteiger partial charge in [-0.15, -0.1) is 5.10 Å². The van der Waals surface area contributed by atoms with Gasteiger partial charge in [0, 0.05) is 25.9 Å². The monoisotopic (exact) mass is 449 g/mol. The molecule has 10 nitrogen and oxygen atoms in total. The molecule has 2 aromatic carbocycles. The molecule has 0 fully saturated rings.